The molecule has 136 valence electrons. The number of carbonyl (C=O) groups is 1. The van der Waals surface area contributed by atoms with Crippen molar-refractivity contribution < 1.29 is 4.79 Å². The zero-order valence-corrected chi connectivity index (χ0v) is 16.1. The number of fused-ring (bicyclic) bond motifs is 1. The standard InChI is InChI=1S/C21H25N3OS/c1-16(2)8-7-12-22-21(25)18-9-3-4-10-19(18)26-15-17-14-24-13-6-5-11-20(24)23-17/h3-6,9-11,13-14,16H,7-8,12,15H2,1-2H3,(H,22,25). The SMILES string of the molecule is CC(C)CCCNC(=O)c1ccccc1SCc1cn2ccccc2n1. The van der Waals surface area contributed by atoms with Gasteiger partial charge in [0, 0.05) is 29.6 Å². The highest BCUT2D eigenvalue weighted by molar-refractivity contribution is 7.98. The van der Waals surface area contributed by atoms with Gasteiger partial charge in [-0.2, -0.15) is 0 Å². The number of benzene rings is 1. The first-order chi connectivity index (χ1) is 12.6. The van der Waals surface area contributed by atoms with Crippen molar-refractivity contribution in [3.8, 4) is 0 Å². The van der Waals surface area contributed by atoms with Crippen LogP contribution in [0.4, 0.5) is 0 Å². The predicted octanol–water partition coefficient (Wildman–Crippen LogP) is 4.79. The summed E-state index contributed by atoms with van der Waals surface area (Å²) in [6.45, 7) is 5.13. The Labute approximate surface area is 159 Å². The van der Waals surface area contributed by atoms with Crippen LogP contribution in [0.5, 0.6) is 0 Å². The minimum absolute atomic E-state index is 0.00635. The molecule has 26 heavy (non-hydrogen) atoms. The molecular weight excluding hydrogens is 342 g/mol. The van der Waals surface area contributed by atoms with Gasteiger partial charge in [-0.1, -0.05) is 32.0 Å². The van der Waals surface area contributed by atoms with Gasteiger partial charge in [-0.25, -0.2) is 4.98 Å². The van der Waals surface area contributed by atoms with Gasteiger partial charge in [-0.15, -0.1) is 11.8 Å². The molecule has 5 heteroatoms. The molecule has 0 unspecified atom stereocenters. The first-order valence-corrected chi connectivity index (χ1v) is 10.0. The third-order valence-corrected chi connectivity index (χ3v) is 5.27. The number of aromatic nitrogens is 2. The summed E-state index contributed by atoms with van der Waals surface area (Å²) in [4.78, 5) is 18.1. The monoisotopic (exact) mass is 367 g/mol. The number of hydrogen-bond donors (Lipinski definition) is 1. The fourth-order valence-corrected chi connectivity index (χ4v) is 3.73. The maximum atomic E-state index is 12.5. The molecular formula is C21H25N3OS. The highest BCUT2D eigenvalue weighted by atomic mass is 32.2. The van der Waals surface area contributed by atoms with Crippen molar-refractivity contribution in [3.63, 3.8) is 0 Å². The first kappa shape index (κ1) is 18.5. The Morgan fingerprint density at radius 1 is 1.19 bits per heavy atom. The Balaban J connectivity index is 1.62. The van der Waals surface area contributed by atoms with E-state index in [4.69, 9.17) is 0 Å². The van der Waals surface area contributed by atoms with Gasteiger partial charge in [-0.3, -0.25) is 4.79 Å². The maximum Gasteiger partial charge on any atom is 0.252 e. The largest absolute Gasteiger partial charge is 0.352 e. The van der Waals surface area contributed by atoms with E-state index in [2.05, 4.69) is 24.1 Å². The van der Waals surface area contributed by atoms with Crippen molar-refractivity contribution in [3.05, 3.63) is 66.1 Å². The van der Waals surface area contributed by atoms with Gasteiger partial charge in [0.25, 0.3) is 5.91 Å². The Morgan fingerprint density at radius 2 is 2.00 bits per heavy atom. The molecule has 1 aromatic carbocycles. The summed E-state index contributed by atoms with van der Waals surface area (Å²) in [6, 6.07) is 13.8. The molecule has 0 aliphatic carbocycles. The lowest BCUT2D eigenvalue weighted by Gasteiger charge is -2.10. The van der Waals surface area contributed by atoms with Crippen molar-refractivity contribution in [2.45, 2.75) is 37.3 Å². The first-order valence-electron chi connectivity index (χ1n) is 9.06. The number of thioether (sulfide) groups is 1. The second-order valence-electron chi connectivity index (χ2n) is 6.78. The minimum atomic E-state index is 0.00635. The zero-order chi connectivity index (χ0) is 18.4. The van der Waals surface area contributed by atoms with Gasteiger partial charge in [0.15, 0.2) is 0 Å². The molecule has 1 amide bonds. The smallest absolute Gasteiger partial charge is 0.252 e. The average molecular weight is 368 g/mol. The van der Waals surface area contributed by atoms with E-state index in [1.165, 1.54) is 0 Å². The summed E-state index contributed by atoms with van der Waals surface area (Å²) in [6.07, 6.45) is 6.18. The number of carbonyl (C=O) groups excluding carboxylic acids is 1. The third kappa shape index (κ3) is 4.88. The molecule has 0 aliphatic rings. The van der Waals surface area contributed by atoms with E-state index in [0.29, 0.717) is 5.92 Å². The molecule has 0 fully saturated rings. The quantitative estimate of drug-likeness (QED) is 0.460. The normalized spacial score (nSPS) is 11.2. The van der Waals surface area contributed by atoms with Gasteiger partial charge in [0.2, 0.25) is 0 Å². The molecule has 0 aliphatic heterocycles. The maximum absolute atomic E-state index is 12.5. The zero-order valence-electron chi connectivity index (χ0n) is 15.3. The summed E-state index contributed by atoms with van der Waals surface area (Å²) in [7, 11) is 0. The van der Waals surface area contributed by atoms with Crippen LogP contribution in [0.15, 0.2) is 59.8 Å². The molecule has 3 rings (SSSR count). The van der Waals surface area contributed by atoms with E-state index < -0.39 is 0 Å². The van der Waals surface area contributed by atoms with E-state index in [1.54, 1.807) is 11.8 Å². The molecule has 0 atom stereocenters. The molecule has 1 N–H and O–H groups in total. The Morgan fingerprint density at radius 3 is 2.81 bits per heavy atom. The lowest BCUT2D eigenvalue weighted by molar-refractivity contribution is 0.0949. The average Bonchev–Trinajstić information content (AvgIpc) is 3.06. The highest BCUT2D eigenvalue weighted by Gasteiger charge is 2.12. The topological polar surface area (TPSA) is 46.4 Å². The number of nitrogens with one attached hydrogen (secondary N) is 1. The van der Waals surface area contributed by atoms with Gasteiger partial charge in [-0.05, 0) is 43.0 Å². The Hall–Kier alpha value is -2.27. The molecule has 0 saturated carbocycles. The van der Waals surface area contributed by atoms with Gasteiger partial charge >= 0.3 is 0 Å². The van der Waals surface area contributed by atoms with Gasteiger partial charge in [0.05, 0.1) is 11.3 Å². The van der Waals surface area contributed by atoms with Crippen LogP contribution in [-0.4, -0.2) is 21.8 Å². The lowest BCUT2D eigenvalue weighted by Crippen LogP contribution is -2.25. The number of imidazole rings is 1. The van der Waals surface area contributed by atoms with Crippen LogP contribution in [0.2, 0.25) is 0 Å². The predicted molar refractivity (Wildman–Crippen MR) is 108 cm³/mol. The van der Waals surface area contributed by atoms with Crippen molar-refractivity contribution in [2.24, 2.45) is 5.92 Å². The molecule has 0 saturated heterocycles. The third-order valence-electron chi connectivity index (χ3n) is 4.16. The van der Waals surface area contributed by atoms with E-state index in [9.17, 15) is 4.79 Å². The van der Waals surface area contributed by atoms with Crippen LogP contribution in [0.25, 0.3) is 5.65 Å². The summed E-state index contributed by atoms with van der Waals surface area (Å²) in [5.74, 6) is 1.41. The van der Waals surface area contributed by atoms with Crippen LogP contribution in [0.3, 0.4) is 0 Å². The summed E-state index contributed by atoms with van der Waals surface area (Å²) < 4.78 is 2.02. The van der Waals surface area contributed by atoms with Crippen LogP contribution in [0, 0.1) is 5.92 Å². The van der Waals surface area contributed by atoms with Crippen LogP contribution in [-0.2, 0) is 5.75 Å². The highest BCUT2D eigenvalue weighted by Crippen LogP contribution is 2.26. The second kappa shape index (κ2) is 8.90. The van der Waals surface area contributed by atoms with E-state index in [1.807, 2.05) is 59.3 Å². The minimum Gasteiger partial charge on any atom is -0.352 e. The van der Waals surface area contributed by atoms with Crippen molar-refractivity contribution in [1.29, 1.82) is 0 Å². The van der Waals surface area contributed by atoms with Crippen molar-refractivity contribution in [2.75, 3.05) is 6.54 Å². The summed E-state index contributed by atoms with van der Waals surface area (Å²) >= 11 is 1.65. The fourth-order valence-electron chi connectivity index (χ4n) is 2.80. The van der Waals surface area contributed by atoms with E-state index >= 15 is 0 Å². The van der Waals surface area contributed by atoms with Crippen LogP contribution >= 0.6 is 11.8 Å². The van der Waals surface area contributed by atoms with Gasteiger partial charge < -0.3 is 9.72 Å². The number of hydrogen-bond acceptors (Lipinski definition) is 3. The van der Waals surface area contributed by atoms with Crippen molar-refractivity contribution in [1.82, 2.24) is 14.7 Å². The molecule has 3 aromatic rings. The number of pyridine rings is 1. The second-order valence-corrected chi connectivity index (χ2v) is 7.79. The molecule has 0 radical (unpaired) electrons. The number of rotatable bonds is 8. The fraction of sp³-hybridized carbons (Fsp3) is 0.333. The lowest BCUT2D eigenvalue weighted by atomic mass is 10.1. The molecule has 2 heterocycles. The molecule has 4 nitrogen and oxygen atoms in total. The van der Waals surface area contributed by atoms with Crippen molar-refractivity contribution >= 4 is 23.3 Å². The summed E-state index contributed by atoms with van der Waals surface area (Å²) in [5, 5.41) is 3.04. The molecule has 0 spiro atoms. The Kier molecular flexibility index (Phi) is 6.34. The van der Waals surface area contributed by atoms with Gasteiger partial charge in [0.1, 0.15) is 5.65 Å². The summed E-state index contributed by atoms with van der Waals surface area (Å²) in [5.41, 5.74) is 2.69. The number of amides is 1. The Bertz CT molecular complexity index is 839. The molecule has 0 bridgehead atoms. The van der Waals surface area contributed by atoms with E-state index in [-0.39, 0.29) is 5.91 Å². The molecule has 2 aromatic heterocycles. The van der Waals surface area contributed by atoms with Crippen LogP contribution < -0.4 is 5.32 Å². The number of nitrogens with zero attached hydrogens (tertiary/aromatic N) is 2. The van der Waals surface area contributed by atoms with E-state index in [0.717, 1.165) is 46.9 Å². The van der Waals surface area contributed by atoms with Crippen LogP contribution in [0.1, 0.15) is 42.7 Å².